The highest BCUT2D eigenvalue weighted by molar-refractivity contribution is 5.99. The Morgan fingerprint density at radius 1 is 1.22 bits per heavy atom. The number of imidazole rings is 1. The average molecular weight is 438 g/mol. The number of esters is 1. The zero-order chi connectivity index (χ0) is 23.3. The third-order valence-electron chi connectivity index (χ3n) is 4.72. The zero-order valence-electron chi connectivity index (χ0n) is 17.8. The summed E-state index contributed by atoms with van der Waals surface area (Å²) in [6.45, 7) is 1.72. The summed E-state index contributed by atoms with van der Waals surface area (Å²) in [6.07, 6.45) is 3.34. The number of nitro groups is 1. The predicted molar refractivity (Wildman–Crippen MR) is 115 cm³/mol. The molecule has 1 aromatic heterocycles. The van der Waals surface area contributed by atoms with Gasteiger partial charge in [-0.1, -0.05) is 12.1 Å². The van der Waals surface area contributed by atoms with Crippen LogP contribution >= 0.6 is 0 Å². The van der Waals surface area contributed by atoms with E-state index in [4.69, 9.17) is 9.47 Å². The SMILES string of the molecule is CCOC(=O)c1cc(C(=O)NC(c2cccc(OC)c2)c2nccn2C)cc([N+](=O)[O-])c1. The van der Waals surface area contributed by atoms with Gasteiger partial charge in [0.05, 0.1) is 24.2 Å². The summed E-state index contributed by atoms with van der Waals surface area (Å²) in [6, 6.07) is 9.89. The van der Waals surface area contributed by atoms with E-state index < -0.39 is 28.5 Å². The molecule has 0 radical (unpaired) electrons. The molecule has 3 rings (SSSR count). The Morgan fingerprint density at radius 2 is 1.97 bits per heavy atom. The first-order valence-corrected chi connectivity index (χ1v) is 9.72. The highest BCUT2D eigenvalue weighted by Crippen LogP contribution is 2.25. The average Bonchev–Trinajstić information content (AvgIpc) is 3.22. The van der Waals surface area contributed by atoms with Crippen molar-refractivity contribution in [3.05, 3.63) is 87.5 Å². The lowest BCUT2D eigenvalue weighted by Gasteiger charge is -2.20. The molecule has 32 heavy (non-hydrogen) atoms. The van der Waals surface area contributed by atoms with E-state index in [9.17, 15) is 19.7 Å². The quantitative estimate of drug-likeness (QED) is 0.325. The number of nitro benzene ring substituents is 1. The number of ether oxygens (including phenoxy) is 2. The van der Waals surface area contributed by atoms with Crippen LogP contribution in [0.3, 0.4) is 0 Å². The molecule has 1 atom stereocenters. The van der Waals surface area contributed by atoms with Crippen molar-refractivity contribution < 1.29 is 24.0 Å². The van der Waals surface area contributed by atoms with E-state index in [1.807, 2.05) is 0 Å². The molecule has 1 N–H and O–H groups in total. The number of aryl methyl sites for hydroxylation is 1. The van der Waals surface area contributed by atoms with Crippen molar-refractivity contribution in [2.45, 2.75) is 13.0 Å². The normalized spacial score (nSPS) is 11.5. The third kappa shape index (κ3) is 4.91. The zero-order valence-corrected chi connectivity index (χ0v) is 17.8. The van der Waals surface area contributed by atoms with Crippen LogP contribution in [0.5, 0.6) is 5.75 Å². The van der Waals surface area contributed by atoms with Gasteiger partial charge in [0.15, 0.2) is 0 Å². The highest BCUT2D eigenvalue weighted by Gasteiger charge is 2.24. The second kappa shape index (κ2) is 9.73. The maximum Gasteiger partial charge on any atom is 0.338 e. The molecule has 10 heteroatoms. The van der Waals surface area contributed by atoms with Crippen LogP contribution in [0.1, 0.15) is 45.1 Å². The Kier molecular flexibility index (Phi) is 6.83. The molecule has 1 heterocycles. The van der Waals surface area contributed by atoms with Crippen molar-refractivity contribution in [2.24, 2.45) is 7.05 Å². The van der Waals surface area contributed by atoms with Crippen molar-refractivity contribution in [1.29, 1.82) is 0 Å². The summed E-state index contributed by atoms with van der Waals surface area (Å²) in [5, 5.41) is 14.2. The van der Waals surface area contributed by atoms with Gasteiger partial charge in [0.1, 0.15) is 17.6 Å². The summed E-state index contributed by atoms with van der Waals surface area (Å²) < 4.78 is 12.0. The van der Waals surface area contributed by atoms with Crippen molar-refractivity contribution in [1.82, 2.24) is 14.9 Å². The molecule has 0 fully saturated rings. The van der Waals surface area contributed by atoms with Crippen molar-refractivity contribution in [2.75, 3.05) is 13.7 Å². The number of benzene rings is 2. The van der Waals surface area contributed by atoms with Gasteiger partial charge in [-0.05, 0) is 30.7 Å². The van der Waals surface area contributed by atoms with Crippen LogP contribution < -0.4 is 10.1 Å². The standard InChI is InChI=1S/C22H22N4O6/c1-4-32-22(28)16-10-15(11-17(12-16)26(29)30)21(27)24-19(20-23-8-9-25(20)2)14-6-5-7-18(13-14)31-3/h5-13,19H,4H2,1-3H3,(H,24,27). The number of hydrogen-bond donors (Lipinski definition) is 1. The van der Waals surface area contributed by atoms with Gasteiger partial charge >= 0.3 is 5.97 Å². The van der Waals surface area contributed by atoms with Gasteiger partial charge in [-0.25, -0.2) is 9.78 Å². The fourth-order valence-corrected chi connectivity index (χ4v) is 3.17. The lowest BCUT2D eigenvalue weighted by molar-refractivity contribution is -0.384. The van der Waals surface area contributed by atoms with Gasteiger partial charge in [-0.15, -0.1) is 0 Å². The molecule has 0 spiro atoms. The molecule has 0 aliphatic rings. The largest absolute Gasteiger partial charge is 0.497 e. The Hall–Kier alpha value is -4.21. The number of hydrogen-bond acceptors (Lipinski definition) is 7. The summed E-state index contributed by atoms with van der Waals surface area (Å²) in [4.78, 5) is 40.3. The van der Waals surface area contributed by atoms with Crippen LogP contribution in [0.2, 0.25) is 0 Å². The van der Waals surface area contributed by atoms with Gasteiger partial charge in [0, 0.05) is 37.1 Å². The van der Waals surface area contributed by atoms with Crippen LogP contribution in [0.25, 0.3) is 0 Å². The molecule has 0 bridgehead atoms. The number of carbonyl (C=O) groups is 2. The fourth-order valence-electron chi connectivity index (χ4n) is 3.17. The monoisotopic (exact) mass is 438 g/mol. The predicted octanol–water partition coefficient (Wildman–Crippen LogP) is 3.03. The van der Waals surface area contributed by atoms with E-state index in [0.717, 1.165) is 12.1 Å². The topological polar surface area (TPSA) is 126 Å². The maximum absolute atomic E-state index is 13.1. The first-order valence-electron chi connectivity index (χ1n) is 9.72. The highest BCUT2D eigenvalue weighted by atomic mass is 16.6. The van der Waals surface area contributed by atoms with Crippen molar-refractivity contribution >= 4 is 17.6 Å². The molecule has 10 nitrogen and oxygen atoms in total. The van der Waals surface area contributed by atoms with E-state index in [0.29, 0.717) is 17.1 Å². The number of nitrogens with zero attached hydrogens (tertiary/aromatic N) is 3. The molecule has 3 aromatic rings. The minimum absolute atomic E-state index is 0.0515. The van der Waals surface area contributed by atoms with Gasteiger partial charge in [0.2, 0.25) is 0 Å². The molecule has 0 aliphatic heterocycles. The molecular formula is C22H22N4O6. The Labute approximate surface area is 183 Å². The number of methoxy groups -OCH3 is 1. The number of amides is 1. The van der Waals surface area contributed by atoms with Crippen LogP contribution in [0.4, 0.5) is 5.69 Å². The molecule has 0 saturated heterocycles. The third-order valence-corrected chi connectivity index (χ3v) is 4.72. The molecule has 1 unspecified atom stereocenters. The number of nitrogens with one attached hydrogen (secondary N) is 1. The first-order chi connectivity index (χ1) is 15.3. The van der Waals surface area contributed by atoms with E-state index in [1.54, 1.807) is 55.2 Å². The summed E-state index contributed by atoms with van der Waals surface area (Å²) >= 11 is 0. The Bertz CT molecular complexity index is 1160. The van der Waals surface area contributed by atoms with E-state index in [2.05, 4.69) is 10.3 Å². The van der Waals surface area contributed by atoms with E-state index in [-0.39, 0.29) is 17.7 Å². The summed E-state index contributed by atoms with van der Waals surface area (Å²) in [5.74, 6) is -0.229. The number of carbonyl (C=O) groups excluding carboxylic acids is 2. The van der Waals surface area contributed by atoms with Crippen LogP contribution in [0, 0.1) is 10.1 Å². The second-order valence-electron chi connectivity index (χ2n) is 6.83. The van der Waals surface area contributed by atoms with E-state index in [1.165, 1.54) is 13.2 Å². The van der Waals surface area contributed by atoms with Crippen LogP contribution in [-0.2, 0) is 11.8 Å². The van der Waals surface area contributed by atoms with Gasteiger partial charge < -0.3 is 19.4 Å². The van der Waals surface area contributed by atoms with Gasteiger partial charge in [0.25, 0.3) is 11.6 Å². The fraction of sp³-hybridized carbons (Fsp3) is 0.227. The van der Waals surface area contributed by atoms with Crippen molar-refractivity contribution in [3.8, 4) is 5.75 Å². The van der Waals surface area contributed by atoms with E-state index >= 15 is 0 Å². The number of non-ortho nitro benzene ring substituents is 1. The van der Waals surface area contributed by atoms with Crippen LogP contribution in [-0.4, -0.2) is 40.1 Å². The number of rotatable bonds is 8. The molecular weight excluding hydrogens is 416 g/mol. The van der Waals surface area contributed by atoms with Crippen LogP contribution in [0.15, 0.2) is 54.9 Å². The smallest absolute Gasteiger partial charge is 0.338 e. The maximum atomic E-state index is 13.1. The van der Waals surface area contributed by atoms with Gasteiger partial charge in [-0.2, -0.15) is 0 Å². The summed E-state index contributed by atoms with van der Waals surface area (Å²) in [5.41, 5.74) is 0.171. The molecule has 2 aromatic carbocycles. The van der Waals surface area contributed by atoms with Gasteiger partial charge in [-0.3, -0.25) is 14.9 Å². The lowest BCUT2D eigenvalue weighted by atomic mass is 10.0. The minimum atomic E-state index is -0.751. The molecule has 0 aliphatic carbocycles. The molecule has 166 valence electrons. The number of aromatic nitrogens is 2. The first kappa shape index (κ1) is 22.5. The Morgan fingerprint density at radius 3 is 2.59 bits per heavy atom. The second-order valence-corrected chi connectivity index (χ2v) is 6.83. The molecule has 0 saturated carbocycles. The minimum Gasteiger partial charge on any atom is -0.497 e. The Balaban J connectivity index is 2.01. The summed E-state index contributed by atoms with van der Waals surface area (Å²) in [7, 11) is 3.32. The molecule has 1 amide bonds. The van der Waals surface area contributed by atoms with Crippen molar-refractivity contribution in [3.63, 3.8) is 0 Å². The lowest BCUT2D eigenvalue weighted by Crippen LogP contribution is -2.31.